The molecular formula is C18H18N2O2. The molecular weight excluding hydrogens is 276 g/mol. The predicted molar refractivity (Wildman–Crippen MR) is 86.1 cm³/mol. The maximum atomic E-state index is 11.7. The van der Waals surface area contributed by atoms with Gasteiger partial charge >= 0.3 is 0 Å². The third-order valence-electron chi connectivity index (χ3n) is 4.01. The van der Waals surface area contributed by atoms with Gasteiger partial charge in [-0.15, -0.1) is 0 Å². The van der Waals surface area contributed by atoms with E-state index >= 15 is 0 Å². The van der Waals surface area contributed by atoms with Crippen molar-refractivity contribution in [3.63, 3.8) is 0 Å². The molecule has 112 valence electrons. The third-order valence-corrected chi connectivity index (χ3v) is 4.01. The van der Waals surface area contributed by atoms with E-state index in [0.717, 1.165) is 12.1 Å². The quantitative estimate of drug-likeness (QED) is 0.851. The van der Waals surface area contributed by atoms with Crippen molar-refractivity contribution in [2.45, 2.75) is 26.3 Å². The lowest BCUT2D eigenvalue weighted by molar-refractivity contribution is 0.0879. The fourth-order valence-electron chi connectivity index (χ4n) is 2.63. The second-order valence-corrected chi connectivity index (χ2v) is 5.50. The van der Waals surface area contributed by atoms with Crippen LogP contribution in [-0.2, 0) is 6.42 Å². The summed E-state index contributed by atoms with van der Waals surface area (Å²) in [6, 6.07) is 13.8. The Morgan fingerprint density at radius 3 is 2.36 bits per heavy atom. The van der Waals surface area contributed by atoms with E-state index in [1.54, 1.807) is 12.1 Å². The van der Waals surface area contributed by atoms with Crippen molar-refractivity contribution in [1.82, 2.24) is 5.32 Å². The molecule has 0 fully saturated rings. The molecule has 4 heteroatoms. The molecule has 0 aliphatic carbocycles. The smallest absolute Gasteiger partial charge is 0.259 e. The Bertz CT molecular complexity index is 735. The molecule has 1 aliphatic heterocycles. The Morgan fingerprint density at radius 2 is 1.68 bits per heavy atom. The van der Waals surface area contributed by atoms with E-state index in [0.29, 0.717) is 11.1 Å². The zero-order valence-corrected chi connectivity index (χ0v) is 12.6. The number of fused-ring (bicyclic) bond motifs is 1. The van der Waals surface area contributed by atoms with Gasteiger partial charge in [0.25, 0.3) is 11.8 Å². The summed E-state index contributed by atoms with van der Waals surface area (Å²) in [7, 11) is 0. The average Bonchev–Trinajstić information content (AvgIpc) is 2.81. The van der Waals surface area contributed by atoms with Crippen LogP contribution in [0.25, 0.3) is 0 Å². The van der Waals surface area contributed by atoms with Gasteiger partial charge in [-0.3, -0.25) is 14.9 Å². The summed E-state index contributed by atoms with van der Waals surface area (Å²) in [5, 5.41) is 5.67. The molecule has 0 saturated heterocycles. The summed E-state index contributed by atoms with van der Waals surface area (Å²) < 4.78 is 0. The first kappa shape index (κ1) is 14.3. The molecule has 0 spiro atoms. The zero-order valence-electron chi connectivity index (χ0n) is 12.6. The number of amides is 2. The molecule has 2 aromatic rings. The number of hydrogen-bond acceptors (Lipinski definition) is 3. The molecule has 2 amide bonds. The number of rotatable bonds is 4. The van der Waals surface area contributed by atoms with Gasteiger partial charge in [-0.1, -0.05) is 31.2 Å². The molecule has 0 radical (unpaired) electrons. The molecule has 0 bridgehead atoms. The van der Waals surface area contributed by atoms with Crippen molar-refractivity contribution in [2.24, 2.45) is 0 Å². The van der Waals surface area contributed by atoms with Crippen molar-refractivity contribution < 1.29 is 9.59 Å². The van der Waals surface area contributed by atoms with E-state index in [9.17, 15) is 9.59 Å². The van der Waals surface area contributed by atoms with Gasteiger partial charge in [-0.25, -0.2) is 0 Å². The van der Waals surface area contributed by atoms with Crippen LogP contribution in [0.1, 0.15) is 51.7 Å². The Labute approximate surface area is 129 Å². The molecule has 1 heterocycles. The predicted octanol–water partition coefficient (Wildman–Crippen LogP) is 3.31. The van der Waals surface area contributed by atoms with Gasteiger partial charge in [0.15, 0.2) is 0 Å². The van der Waals surface area contributed by atoms with Gasteiger partial charge < -0.3 is 5.32 Å². The Morgan fingerprint density at radius 1 is 1.00 bits per heavy atom. The third kappa shape index (κ3) is 2.60. The number of nitrogens with one attached hydrogen (secondary N) is 2. The van der Waals surface area contributed by atoms with Gasteiger partial charge in [0, 0.05) is 11.7 Å². The van der Waals surface area contributed by atoms with E-state index in [1.807, 2.05) is 6.07 Å². The molecule has 1 atom stereocenters. The zero-order chi connectivity index (χ0) is 15.7. The van der Waals surface area contributed by atoms with E-state index < -0.39 is 0 Å². The van der Waals surface area contributed by atoms with Crippen LogP contribution in [0.15, 0.2) is 42.5 Å². The largest absolute Gasteiger partial charge is 0.379 e. The van der Waals surface area contributed by atoms with Crippen LogP contribution in [0.3, 0.4) is 0 Å². The maximum Gasteiger partial charge on any atom is 0.259 e. The molecule has 1 aliphatic rings. The molecule has 22 heavy (non-hydrogen) atoms. The highest BCUT2D eigenvalue weighted by molar-refractivity contribution is 6.21. The number of imide groups is 1. The number of benzene rings is 2. The van der Waals surface area contributed by atoms with Crippen LogP contribution in [-0.4, -0.2) is 11.8 Å². The number of aryl methyl sites for hydroxylation is 1. The van der Waals surface area contributed by atoms with E-state index in [-0.39, 0.29) is 17.9 Å². The SMILES string of the molecule is CCc1ccc(C(C)Nc2ccc3c(c2)C(=O)NC3=O)cc1. The molecule has 2 N–H and O–H groups in total. The van der Waals surface area contributed by atoms with E-state index in [2.05, 4.69) is 48.7 Å². The summed E-state index contributed by atoms with van der Waals surface area (Å²) in [5.74, 6) is -0.654. The Kier molecular flexibility index (Phi) is 3.67. The van der Waals surface area contributed by atoms with Crippen LogP contribution in [0.2, 0.25) is 0 Å². The van der Waals surface area contributed by atoms with Gasteiger partial charge in [0.05, 0.1) is 11.1 Å². The standard InChI is InChI=1S/C18H18N2O2/c1-3-12-4-6-13(7-5-12)11(2)19-14-8-9-15-16(10-14)18(22)20-17(15)21/h4-11,19H,3H2,1-2H3,(H,20,21,22). The molecule has 0 saturated carbocycles. The van der Waals surface area contributed by atoms with Gasteiger partial charge in [-0.2, -0.15) is 0 Å². The van der Waals surface area contributed by atoms with Crippen molar-refractivity contribution in [1.29, 1.82) is 0 Å². The first-order valence-corrected chi connectivity index (χ1v) is 7.43. The highest BCUT2D eigenvalue weighted by Crippen LogP contribution is 2.24. The molecule has 0 aromatic heterocycles. The number of carbonyl (C=O) groups is 2. The minimum Gasteiger partial charge on any atom is -0.379 e. The number of carbonyl (C=O) groups excluding carboxylic acids is 2. The van der Waals surface area contributed by atoms with Crippen molar-refractivity contribution in [3.8, 4) is 0 Å². The van der Waals surface area contributed by atoms with Crippen LogP contribution in [0.5, 0.6) is 0 Å². The highest BCUT2D eigenvalue weighted by Gasteiger charge is 2.26. The first-order chi connectivity index (χ1) is 10.6. The van der Waals surface area contributed by atoms with Crippen LogP contribution in [0, 0.1) is 0 Å². The Hall–Kier alpha value is -2.62. The Balaban J connectivity index is 1.79. The summed E-state index contributed by atoms with van der Waals surface area (Å²) in [5.41, 5.74) is 4.19. The molecule has 1 unspecified atom stereocenters. The fraction of sp³-hybridized carbons (Fsp3) is 0.222. The van der Waals surface area contributed by atoms with Gasteiger partial charge in [0.1, 0.15) is 0 Å². The molecule has 2 aromatic carbocycles. The lowest BCUT2D eigenvalue weighted by Gasteiger charge is -2.16. The van der Waals surface area contributed by atoms with Crippen LogP contribution in [0.4, 0.5) is 5.69 Å². The normalized spacial score (nSPS) is 14.5. The topological polar surface area (TPSA) is 58.2 Å². The number of anilines is 1. The average molecular weight is 294 g/mol. The fourth-order valence-corrected chi connectivity index (χ4v) is 2.63. The minimum atomic E-state index is -0.330. The lowest BCUT2D eigenvalue weighted by Crippen LogP contribution is -2.19. The van der Waals surface area contributed by atoms with Crippen LogP contribution < -0.4 is 10.6 Å². The van der Waals surface area contributed by atoms with Gasteiger partial charge in [0.2, 0.25) is 0 Å². The monoisotopic (exact) mass is 294 g/mol. The van der Waals surface area contributed by atoms with Gasteiger partial charge in [-0.05, 0) is 42.7 Å². The summed E-state index contributed by atoms with van der Waals surface area (Å²) >= 11 is 0. The molecule has 4 nitrogen and oxygen atoms in total. The molecule has 3 rings (SSSR count). The van der Waals surface area contributed by atoms with Crippen molar-refractivity contribution in [2.75, 3.05) is 5.32 Å². The van der Waals surface area contributed by atoms with Crippen molar-refractivity contribution >= 4 is 17.5 Å². The maximum absolute atomic E-state index is 11.7. The second-order valence-electron chi connectivity index (χ2n) is 5.50. The highest BCUT2D eigenvalue weighted by atomic mass is 16.2. The summed E-state index contributed by atoms with van der Waals surface area (Å²) in [6.45, 7) is 4.20. The van der Waals surface area contributed by atoms with Crippen molar-refractivity contribution in [3.05, 3.63) is 64.7 Å². The minimum absolute atomic E-state index is 0.115. The first-order valence-electron chi connectivity index (χ1n) is 7.43. The number of hydrogen-bond donors (Lipinski definition) is 2. The van der Waals surface area contributed by atoms with E-state index in [4.69, 9.17) is 0 Å². The van der Waals surface area contributed by atoms with E-state index in [1.165, 1.54) is 11.1 Å². The summed E-state index contributed by atoms with van der Waals surface area (Å²) in [6.07, 6.45) is 1.02. The summed E-state index contributed by atoms with van der Waals surface area (Å²) in [4.78, 5) is 23.2. The second kappa shape index (κ2) is 5.64. The lowest BCUT2D eigenvalue weighted by atomic mass is 10.0. The van der Waals surface area contributed by atoms with Crippen LogP contribution >= 0.6 is 0 Å².